The highest BCUT2D eigenvalue weighted by Gasteiger charge is 2.03. The van der Waals surface area contributed by atoms with Gasteiger partial charge in [0.05, 0.1) is 5.01 Å². The fourth-order valence-corrected chi connectivity index (χ4v) is 2.37. The van der Waals surface area contributed by atoms with Gasteiger partial charge >= 0.3 is 6.03 Å². The molecule has 0 aliphatic rings. The first kappa shape index (κ1) is 13.4. The monoisotopic (exact) mass is 276 g/mol. The predicted molar refractivity (Wildman–Crippen MR) is 78.4 cm³/mol. The highest BCUT2D eigenvalue weighted by atomic mass is 32.1. The third-order valence-corrected chi connectivity index (χ3v) is 3.46. The van der Waals surface area contributed by atoms with Crippen molar-refractivity contribution in [3.63, 3.8) is 0 Å². The van der Waals surface area contributed by atoms with E-state index in [1.807, 2.05) is 12.3 Å². The molecule has 4 N–H and O–H groups in total. The van der Waals surface area contributed by atoms with Gasteiger partial charge in [0.2, 0.25) is 0 Å². The maximum Gasteiger partial charge on any atom is 0.319 e. The van der Waals surface area contributed by atoms with Gasteiger partial charge in [0.25, 0.3) is 0 Å². The van der Waals surface area contributed by atoms with Crippen molar-refractivity contribution >= 4 is 28.7 Å². The number of thiazole rings is 1. The lowest BCUT2D eigenvalue weighted by Crippen LogP contribution is -2.30. The number of nitrogens with two attached hydrogens (primary N) is 1. The molecule has 5 nitrogen and oxygen atoms in total. The Balaban J connectivity index is 1.76. The number of anilines is 2. The Hall–Kier alpha value is -2.08. The van der Waals surface area contributed by atoms with E-state index in [0.717, 1.165) is 17.1 Å². The average molecular weight is 276 g/mol. The lowest BCUT2D eigenvalue weighted by molar-refractivity contribution is 0.252. The summed E-state index contributed by atoms with van der Waals surface area (Å²) in [5, 5.41) is 8.54. The van der Waals surface area contributed by atoms with Crippen LogP contribution in [-0.2, 0) is 6.42 Å². The summed E-state index contributed by atoms with van der Waals surface area (Å²) in [7, 11) is 0. The number of amides is 2. The molecule has 0 fully saturated rings. The van der Waals surface area contributed by atoms with E-state index in [4.69, 9.17) is 5.73 Å². The summed E-state index contributed by atoms with van der Waals surface area (Å²) in [6.45, 7) is 2.51. The lowest BCUT2D eigenvalue weighted by atomic mass is 10.3. The zero-order valence-electron chi connectivity index (χ0n) is 10.6. The molecule has 19 heavy (non-hydrogen) atoms. The highest BCUT2D eigenvalue weighted by Crippen LogP contribution is 2.11. The van der Waals surface area contributed by atoms with Crippen molar-refractivity contribution in [1.29, 1.82) is 0 Å². The molecule has 0 atom stereocenters. The van der Waals surface area contributed by atoms with Gasteiger partial charge in [-0.15, -0.1) is 11.3 Å². The third-order valence-electron chi connectivity index (χ3n) is 2.44. The predicted octanol–water partition coefficient (Wildman–Crippen LogP) is 2.40. The normalized spacial score (nSPS) is 10.2. The maximum absolute atomic E-state index is 11.6. The molecule has 2 amide bonds. The van der Waals surface area contributed by atoms with Crippen LogP contribution in [0.1, 0.15) is 10.7 Å². The van der Waals surface area contributed by atoms with Crippen LogP contribution in [0.25, 0.3) is 0 Å². The molecular formula is C13H16N4OS. The molecule has 2 aromatic rings. The van der Waals surface area contributed by atoms with Gasteiger partial charge in [0.15, 0.2) is 0 Å². The zero-order chi connectivity index (χ0) is 13.7. The van der Waals surface area contributed by atoms with Crippen LogP contribution >= 0.6 is 11.3 Å². The van der Waals surface area contributed by atoms with E-state index in [0.29, 0.717) is 17.9 Å². The minimum absolute atomic E-state index is 0.237. The van der Waals surface area contributed by atoms with Gasteiger partial charge in [-0.2, -0.15) is 0 Å². The van der Waals surface area contributed by atoms with E-state index in [-0.39, 0.29) is 6.03 Å². The number of nitrogens with zero attached hydrogens (tertiary/aromatic N) is 1. The van der Waals surface area contributed by atoms with Crippen LogP contribution in [0.3, 0.4) is 0 Å². The Labute approximate surface area is 115 Å². The first-order chi connectivity index (χ1) is 9.13. The van der Waals surface area contributed by atoms with Gasteiger partial charge < -0.3 is 16.4 Å². The number of urea groups is 1. The molecule has 0 unspecified atom stereocenters. The first-order valence-electron chi connectivity index (χ1n) is 5.95. The van der Waals surface area contributed by atoms with Crippen molar-refractivity contribution in [3.05, 3.63) is 40.3 Å². The molecule has 1 aromatic heterocycles. The van der Waals surface area contributed by atoms with Crippen molar-refractivity contribution in [2.24, 2.45) is 0 Å². The number of benzene rings is 1. The summed E-state index contributed by atoms with van der Waals surface area (Å²) in [6, 6.07) is 6.83. The fourth-order valence-electron chi connectivity index (χ4n) is 1.59. The van der Waals surface area contributed by atoms with E-state index in [1.54, 1.807) is 35.6 Å². The summed E-state index contributed by atoms with van der Waals surface area (Å²) < 4.78 is 0. The average Bonchev–Trinajstić information content (AvgIpc) is 2.75. The summed E-state index contributed by atoms with van der Waals surface area (Å²) >= 11 is 1.61. The molecule has 0 saturated heterocycles. The number of hydrogen-bond donors (Lipinski definition) is 3. The van der Waals surface area contributed by atoms with Crippen LogP contribution in [0.2, 0.25) is 0 Å². The van der Waals surface area contributed by atoms with Gasteiger partial charge in [-0.3, -0.25) is 0 Å². The number of nitrogen functional groups attached to an aromatic ring is 1. The fraction of sp³-hybridized carbons (Fsp3) is 0.231. The van der Waals surface area contributed by atoms with Crippen LogP contribution in [0.4, 0.5) is 16.2 Å². The first-order valence-corrected chi connectivity index (χ1v) is 6.83. The van der Waals surface area contributed by atoms with Crippen LogP contribution in [0, 0.1) is 6.92 Å². The molecule has 0 radical (unpaired) electrons. The van der Waals surface area contributed by atoms with Crippen molar-refractivity contribution < 1.29 is 4.79 Å². The summed E-state index contributed by atoms with van der Waals surface area (Å²) in [6.07, 6.45) is 0.739. The summed E-state index contributed by atoms with van der Waals surface area (Å²) in [5.41, 5.74) is 7.96. The molecule has 0 aliphatic heterocycles. The summed E-state index contributed by atoms with van der Waals surface area (Å²) in [5.74, 6) is 0. The highest BCUT2D eigenvalue weighted by molar-refractivity contribution is 7.09. The van der Waals surface area contributed by atoms with E-state index in [9.17, 15) is 4.79 Å². The molecule has 100 valence electrons. The van der Waals surface area contributed by atoms with Crippen LogP contribution in [-0.4, -0.2) is 17.6 Å². The number of rotatable bonds is 4. The molecule has 0 aliphatic carbocycles. The Kier molecular flexibility index (Phi) is 4.35. The molecule has 1 aromatic carbocycles. The zero-order valence-corrected chi connectivity index (χ0v) is 11.5. The van der Waals surface area contributed by atoms with Crippen LogP contribution in [0.15, 0.2) is 29.6 Å². The summed E-state index contributed by atoms with van der Waals surface area (Å²) in [4.78, 5) is 16.0. The van der Waals surface area contributed by atoms with Crippen molar-refractivity contribution in [2.75, 3.05) is 17.6 Å². The SMILES string of the molecule is Cc1csc(CCNC(=O)Nc2cccc(N)c2)n1. The second-order valence-electron chi connectivity index (χ2n) is 4.14. The second-order valence-corrected chi connectivity index (χ2v) is 5.08. The molecule has 2 rings (SSSR count). The minimum Gasteiger partial charge on any atom is -0.399 e. The topological polar surface area (TPSA) is 80.0 Å². The number of carbonyl (C=O) groups is 1. The van der Waals surface area contributed by atoms with Gasteiger partial charge in [-0.1, -0.05) is 6.07 Å². The largest absolute Gasteiger partial charge is 0.399 e. The van der Waals surface area contributed by atoms with Gasteiger partial charge in [0.1, 0.15) is 0 Å². The number of aromatic nitrogens is 1. The Morgan fingerprint density at radius 3 is 3.00 bits per heavy atom. The van der Waals surface area contributed by atoms with E-state index >= 15 is 0 Å². The smallest absolute Gasteiger partial charge is 0.319 e. The second kappa shape index (κ2) is 6.19. The van der Waals surface area contributed by atoms with Crippen LogP contribution in [0.5, 0.6) is 0 Å². The number of nitrogens with one attached hydrogen (secondary N) is 2. The molecule has 1 heterocycles. The van der Waals surface area contributed by atoms with E-state index < -0.39 is 0 Å². The number of hydrogen-bond acceptors (Lipinski definition) is 4. The third kappa shape index (κ3) is 4.26. The number of carbonyl (C=O) groups excluding carboxylic acids is 1. The lowest BCUT2D eigenvalue weighted by Gasteiger charge is -2.07. The molecule has 0 spiro atoms. The quantitative estimate of drug-likeness (QED) is 0.750. The van der Waals surface area contributed by atoms with Crippen molar-refractivity contribution in [1.82, 2.24) is 10.3 Å². The molecule has 6 heteroatoms. The molecular weight excluding hydrogens is 260 g/mol. The minimum atomic E-state index is -0.237. The molecule has 0 bridgehead atoms. The van der Waals surface area contributed by atoms with E-state index in [2.05, 4.69) is 15.6 Å². The van der Waals surface area contributed by atoms with Gasteiger partial charge in [0, 0.05) is 35.4 Å². The van der Waals surface area contributed by atoms with E-state index in [1.165, 1.54) is 0 Å². The Morgan fingerprint density at radius 1 is 1.47 bits per heavy atom. The van der Waals surface area contributed by atoms with Crippen LogP contribution < -0.4 is 16.4 Å². The van der Waals surface area contributed by atoms with Gasteiger partial charge in [-0.25, -0.2) is 9.78 Å². The van der Waals surface area contributed by atoms with Gasteiger partial charge in [-0.05, 0) is 25.1 Å². The molecule has 0 saturated carbocycles. The van der Waals surface area contributed by atoms with Crippen molar-refractivity contribution in [2.45, 2.75) is 13.3 Å². The maximum atomic E-state index is 11.6. The number of aryl methyl sites for hydroxylation is 1. The van der Waals surface area contributed by atoms with Crippen molar-refractivity contribution in [3.8, 4) is 0 Å². The Bertz CT molecular complexity index is 567. The Morgan fingerprint density at radius 2 is 2.32 bits per heavy atom. The standard InChI is InChI=1S/C13H16N4OS/c1-9-8-19-12(16-9)5-6-15-13(18)17-11-4-2-3-10(14)7-11/h2-4,7-8H,5-6,14H2,1H3,(H2,15,17,18).